The number of carbonyl (C=O) groups is 1. The van der Waals surface area contributed by atoms with Crippen LogP contribution in [0.4, 0.5) is 4.79 Å². The van der Waals surface area contributed by atoms with E-state index in [0.29, 0.717) is 0 Å². The van der Waals surface area contributed by atoms with Crippen molar-refractivity contribution in [2.24, 2.45) is 0 Å². The van der Waals surface area contributed by atoms with E-state index in [9.17, 15) is 4.79 Å². The van der Waals surface area contributed by atoms with E-state index >= 15 is 0 Å². The minimum absolute atomic E-state index is 0.117. The van der Waals surface area contributed by atoms with Gasteiger partial charge in [0, 0.05) is 27.2 Å². The maximum Gasteiger partial charge on any atom is 0.409 e. The SMILES string of the molecule is CN1CCC(OC(=O)N(C)C)CC1. The number of likely N-dealkylation sites (tertiary alicyclic amines) is 1. The third-order valence-corrected chi connectivity index (χ3v) is 2.30. The van der Waals surface area contributed by atoms with Crippen molar-refractivity contribution < 1.29 is 9.53 Å². The van der Waals surface area contributed by atoms with Crippen molar-refractivity contribution in [2.75, 3.05) is 34.2 Å². The predicted octanol–water partition coefficient (Wildman–Crippen LogP) is 0.779. The van der Waals surface area contributed by atoms with Crippen molar-refractivity contribution in [2.45, 2.75) is 18.9 Å². The summed E-state index contributed by atoms with van der Waals surface area (Å²) in [6.07, 6.45) is 1.80. The minimum atomic E-state index is -0.227. The Morgan fingerprint density at radius 3 is 2.38 bits per heavy atom. The topological polar surface area (TPSA) is 32.8 Å². The van der Waals surface area contributed by atoms with Gasteiger partial charge < -0.3 is 14.5 Å². The Balaban J connectivity index is 2.26. The molecule has 0 bridgehead atoms. The average molecular weight is 186 g/mol. The van der Waals surface area contributed by atoms with Crippen LogP contribution in [-0.4, -0.2) is 56.2 Å². The van der Waals surface area contributed by atoms with E-state index in [0.717, 1.165) is 25.9 Å². The molecule has 1 rings (SSSR count). The van der Waals surface area contributed by atoms with E-state index in [4.69, 9.17) is 4.74 Å². The Bertz CT molecular complexity index is 174. The highest BCUT2D eigenvalue weighted by Gasteiger charge is 2.20. The summed E-state index contributed by atoms with van der Waals surface area (Å²) in [5.74, 6) is 0. The van der Waals surface area contributed by atoms with Gasteiger partial charge >= 0.3 is 6.09 Å². The van der Waals surface area contributed by atoms with Gasteiger partial charge in [0.2, 0.25) is 0 Å². The maximum atomic E-state index is 11.2. The van der Waals surface area contributed by atoms with Crippen LogP contribution < -0.4 is 0 Å². The Kier molecular flexibility index (Phi) is 3.54. The Morgan fingerprint density at radius 2 is 1.92 bits per heavy atom. The normalized spacial score (nSPS) is 19.9. The maximum absolute atomic E-state index is 11.2. The summed E-state index contributed by atoms with van der Waals surface area (Å²) in [6, 6.07) is 0. The summed E-state index contributed by atoms with van der Waals surface area (Å²) < 4.78 is 5.26. The van der Waals surface area contributed by atoms with Gasteiger partial charge in [0.25, 0.3) is 0 Å². The second-order valence-corrected chi connectivity index (χ2v) is 3.78. The second-order valence-electron chi connectivity index (χ2n) is 3.78. The number of piperidine rings is 1. The van der Waals surface area contributed by atoms with Crippen molar-refractivity contribution in [1.29, 1.82) is 0 Å². The Morgan fingerprint density at radius 1 is 1.38 bits per heavy atom. The zero-order chi connectivity index (χ0) is 9.84. The molecule has 0 radical (unpaired) electrons. The molecule has 4 nitrogen and oxygen atoms in total. The Labute approximate surface area is 79.4 Å². The lowest BCUT2D eigenvalue weighted by Gasteiger charge is -2.29. The molecule has 1 heterocycles. The molecule has 4 heteroatoms. The zero-order valence-electron chi connectivity index (χ0n) is 8.62. The van der Waals surface area contributed by atoms with Crippen LogP contribution in [0.2, 0.25) is 0 Å². The van der Waals surface area contributed by atoms with Gasteiger partial charge in [-0.25, -0.2) is 4.79 Å². The molecule has 0 aromatic carbocycles. The smallest absolute Gasteiger partial charge is 0.409 e. The van der Waals surface area contributed by atoms with Gasteiger partial charge in [-0.3, -0.25) is 0 Å². The van der Waals surface area contributed by atoms with E-state index in [1.807, 2.05) is 0 Å². The van der Waals surface area contributed by atoms with Gasteiger partial charge in [0.05, 0.1) is 0 Å². The number of carbonyl (C=O) groups excluding carboxylic acids is 1. The minimum Gasteiger partial charge on any atom is -0.446 e. The fourth-order valence-corrected chi connectivity index (χ4v) is 1.35. The van der Waals surface area contributed by atoms with Gasteiger partial charge in [0.1, 0.15) is 6.10 Å². The van der Waals surface area contributed by atoms with Crippen LogP contribution in [-0.2, 0) is 4.74 Å². The fourth-order valence-electron chi connectivity index (χ4n) is 1.35. The first-order valence-corrected chi connectivity index (χ1v) is 4.66. The first-order valence-electron chi connectivity index (χ1n) is 4.66. The van der Waals surface area contributed by atoms with Crippen LogP contribution in [0.1, 0.15) is 12.8 Å². The lowest BCUT2D eigenvalue weighted by atomic mass is 10.1. The van der Waals surface area contributed by atoms with E-state index in [1.54, 1.807) is 14.1 Å². The van der Waals surface area contributed by atoms with Crippen LogP contribution in [0, 0.1) is 0 Å². The van der Waals surface area contributed by atoms with Crippen LogP contribution in [0.15, 0.2) is 0 Å². The number of hydrogen-bond donors (Lipinski definition) is 0. The fraction of sp³-hybridized carbons (Fsp3) is 0.889. The lowest BCUT2D eigenvalue weighted by molar-refractivity contribution is 0.0412. The molecule has 0 aromatic rings. The molecule has 76 valence electrons. The summed E-state index contributed by atoms with van der Waals surface area (Å²) in [7, 11) is 5.50. The van der Waals surface area contributed by atoms with Crippen LogP contribution in [0.25, 0.3) is 0 Å². The van der Waals surface area contributed by atoms with Crippen molar-refractivity contribution in [3.05, 3.63) is 0 Å². The van der Waals surface area contributed by atoms with Crippen LogP contribution in [0.3, 0.4) is 0 Å². The predicted molar refractivity (Wildman–Crippen MR) is 50.7 cm³/mol. The molecule has 1 aliphatic heterocycles. The monoisotopic (exact) mass is 186 g/mol. The zero-order valence-corrected chi connectivity index (χ0v) is 8.62. The Hall–Kier alpha value is -0.770. The van der Waals surface area contributed by atoms with Crippen molar-refractivity contribution in [3.63, 3.8) is 0 Å². The largest absolute Gasteiger partial charge is 0.446 e. The third kappa shape index (κ3) is 3.22. The molecular weight excluding hydrogens is 168 g/mol. The third-order valence-electron chi connectivity index (χ3n) is 2.30. The molecule has 0 N–H and O–H groups in total. The van der Waals surface area contributed by atoms with Gasteiger partial charge in [-0.05, 0) is 19.9 Å². The number of rotatable bonds is 1. The second kappa shape index (κ2) is 4.46. The lowest BCUT2D eigenvalue weighted by Crippen LogP contribution is -2.37. The molecule has 13 heavy (non-hydrogen) atoms. The van der Waals surface area contributed by atoms with Gasteiger partial charge in [-0.2, -0.15) is 0 Å². The average Bonchev–Trinajstić information content (AvgIpc) is 2.08. The molecule has 0 unspecified atom stereocenters. The van der Waals surface area contributed by atoms with Gasteiger partial charge in [0.15, 0.2) is 0 Å². The summed E-state index contributed by atoms with van der Waals surface area (Å²) in [5.41, 5.74) is 0. The molecule has 0 aromatic heterocycles. The van der Waals surface area contributed by atoms with Gasteiger partial charge in [-0.1, -0.05) is 0 Å². The van der Waals surface area contributed by atoms with E-state index in [2.05, 4.69) is 11.9 Å². The molecule has 1 saturated heterocycles. The standard InChI is InChI=1S/C9H18N2O2/c1-10(2)9(12)13-8-4-6-11(3)7-5-8/h8H,4-7H2,1-3H3. The van der Waals surface area contributed by atoms with E-state index in [-0.39, 0.29) is 12.2 Å². The number of nitrogens with zero attached hydrogens (tertiary/aromatic N) is 2. The van der Waals surface area contributed by atoms with Crippen molar-refractivity contribution in [3.8, 4) is 0 Å². The summed E-state index contributed by atoms with van der Waals surface area (Å²) in [6.45, 7) is 2.04. The summed E-state index contributed by atoms with van der Waals surface area (Å²) >= 11 is 0. The molecule has 1 amide bonds. The number of hydrogen-bond acceptors (Lipinski definition) is 3. The van der Waals surface area contributed by atoms with Crippen LogP contribution >= 0.6 is 0 Å². The van der Waals surface area contributed by atoms with Crippen molar-refractivity contribution in [1.82, 2.24) is 9.80 Å². The number of ether oxygens (including phenoxy) is 1. The van der Waals surface area contributed by atoms with Crippen molar-refractivity contribution >= 4 is 6.09 Å². The highest BCUT2D eigenvalue weighted by Crippen LogP contribution is 2.12. The molecule has 0 saturated carbocycles. The number of amides is 1. The van der Waals surface area contributed by atoms with E-state index in [1.165, 1.54) is 4.90 Å². The molecular formula is C9H18N2O2. The highest BCUT2D eigenvalue weighted by molar-refractivity contribution is 5.66. The quantitative estimate of drug-likeness (QED) is 0.606. The molecule has 0 atom stereocenters. The van der Waals surface area contributed by atoms with E-state index < -0.39 is 0 Å². The molecule has 1 fully saturated rings. The summed E-state index contributed by atoms with van der Waals surface area (Å²) in [5, 5.41) is 0. The first-order chi connectivity index (χ1) is 6.09. The molecule has 1 aliphatic rings. The van der Waals surface area contributed by atoms with Crippen LogP contribution in [0.5, 0.6) is 0 Å². The molecule has 0 spiro atoms. The summed E-state index contributed by atoms with van der Waals surface area (Å²) in [4.78, 5) is 14.9. The molecule has 0 aliphatic carbocycles. The van der Waals surface area contributed by atoms with Gasteiger partial charge in [-0.15, -0.1) is 0 Å². The first kappa shape index (κ1) is 10.3. The highest BCUT2D eigenvalue weighted by atomic mass is 16.6.